The van der Waals surface area contributed by atoms with E-state index in [4.69, 9.17) is 9.15 Å². The molecule has 0 aliphatic carbocycles. The maximum atomic E-state index is 12.3. The molecule has 1 aromatic heterocycles. The first-order chi connectivity index (χ1) is 10.2. The molecule has 1 atom stereocenters. The molecule has 1 aliphatic heterocycles. The van der Waals surface area contributed by atoms with Crippen LogP contribution in [0.1, 0.15) is 28.4 Å². The van der Waals surface area contributed by atoms with Crippen molar-refractivity contribution in [3.05, 3.63) is 59.9 Å². The van der Waals surface area contributed by atoms with Gasteiger partial charge in [0.15, 0.2) is 5.78 Å². The van der Waals surface area contributed by atoms with Gasteiger partial charge in [0.2, 0.25) is 0 Å². The van der Waals surface area contributed by atoms with Gasteiger partial charge in [-0.3, -0.25) is 4.79 Å². The third-order valence-corrected chi connectivity index (χ3v) is 3.76. The Morgan fingerprint density at radius 3 is 2.71 bits per heavy atom. The van der Waals surface area contributed by atoms with E-state index in [2.05, 4.69) is 0 Å². The second kappa shape index (κ2) is 4.38. The number of carbonyl (C=O) groups excluding carboxylic acids is 1. The van der Waals surface area contributed by atoms with Crippen LogP contribution >= 0.6 is 0 Å². The average Bonchev–Trinajstić information content (AvgIpc) is 2.93. The molecular formula is C17H12O4. The average molecular weight is 280 g/mol. The van der Waals surface area contributed by atoms with E-state index in [0.717, 1.165) is 10.9 Å². The largest absolute Gasteiger partial charge is 0.508 e. The lowest BCUT2D eigenvalue weighted by atomic mass is 9.95. The number of aromatic hydroxyl groups is 1. The summed E-state index contributed by atoms with van der Waals surface area (Å²) in [6.07, 6.45) is 1.55. The molecule has 2 heterocycles. The van der Waals surface area contributed by atoms with Crippen LogP contribution in [-0.2, 0) is 0 Å². The van der Waals surface area contributed by atoms with Crippen molar-refractivity contribution < 1.29 is 19.1 Å². The Bertz CT molecular complexity index is 830. The number of fused-ring (bicyclic) bond motifs is 2. The summed E-state index contributed by atoms with van der Waals surface area (Å²) in [5.41, 5.74) is 2.16. The van der Waals surface area contributed by atoms with Gasteiger partial charge in [0.1, 0.15) is 23.2 Å². The van der Waals surface area contributed by atoms with Crippen LogP contribution in [0, 0.1) is 0 Å². The Labute approximate surface area is 120 Å². The minimum Gasteiger partial charge on any atom is -0.508 e. The number of ketones is 1. The van der Waals surface area contributed by atoms with E-state index in [9.17, 15) is 9.90 Å². The van der Waals surface area contributed by atoms with Crippen molar-refractivity contribution >= 4 is 16.8 Å². The fraction of sp³-hybridized carbons (Fsp3) is 0.118. The molecule has 1 N–H and O–H groups in total. The molecule has 0 fully saturated rings. The summed E-state index contributed by atoms with van der Waals surface area (Å²) >= 11 is 0. The van der Waals surface area contributed by atoms with E-state index < -0.39 is 0 Å². The number of Topliss-reactive ketones (excluding diaryl/α,β-unsaturated/α-hetero) is 1. The van der Waals surface area contributed by atoms with Crippen molar-refractivity contribution in [2.24, 2.45) is 0 Å². The van der Waals surface area contributed by atoms with Gasteiger partial charge in [0.25, 0.3) is 0 Å². The standard InChI is InChI=1S/C17H12O4/c18-12-3-1-10(2-4-12)16-8-14(19)13-7-11-5-6-20-15(11)9-17(13)21-16/h1-7,9,16,18H,8H2/t16-/m0/s1. The lowest BCUT2D eigenvalue weighted by molar-refractivity contribution is 0.0850. The summed E-state index contributed by atoms with van der Waals surface area (Å²) in [6, 6.07) is 12.1. The van der Waals surface area contributed by atoms with Gasteiger partial charge in [-0.15, -0.1) is 0 Å². The number of phenolic OH excluding ortho intramolecular Hbond substituents is 1. The van der Waals surface area contributed by atoms with E-state index >= 15 is 0 Å². The van der Waals surface area contributed by atoms with Crippen molar-refractivity contribution in [2.45, 2.75) is 12.5 Å². The molecule has 0 amide bonds. The highest BCUT2D eigenvalue weighted by molar-refractivity contribution is 6.03. The number of carbonyl (C=O) groups is 1. The molecule has 0 saturated heterocycles. The normalized spacial score (nSPS) is 17.5. The molecule has 0 spiro atoms. The Balaban J connectivity index is 1.76. The van der Waals surface area contributed by atoms with Crippen molar-refractivity contribution in [1.82, 2.24) is 0 Å². The molecule has 104 valence electrons. The molecule has 4 rings (SSSR count). The van der Waals surface area contributed by atoms with Gasteiger partial charge in [0.05, 0.1) is 18.2 Å². The van der Waals surface area contributed by atoms with Gasteiger partial charge in [-0.25, -0.2) is 0 Å². The Morgan fingerprint density at radius 2 is 1.90 bits per heavy atom. The van der Waals surface area contributed by atoms with Crippen molar-refractivity contribution in [3.8, 4) is 11.5 Å². The fourth-order valence-electron chi connectivity index (χ4n) is 2.65. The third kappa shape index (κ3) is 1.96. The number of benzene rings is 2. The predicted octanol–water partition coefficient (Wildman–Crippen LogP) is 3.84. The smallest absolute Gasteiger partial charge is 0.170 e. The molecular weight excluding hydrogens is 268 g/mol. The van der Waals surface area contributed by atoms with Gasteiger partial charge in [0, 0.05) is 11.5 Å². The van der Waals surface area contributed by atoms with Gasteiger partial charge in [-0.1, -0.05) is 12.1 Å². The van der Waals surface area contributed by atoms with Crippen LogP contribution in [-0.4, -0.2) is 10.9 Å². The maximum Gasteiger partial charge on any atom is 0.170 e. The third-order valence-electron chi connectivity index (χ3n) is 3.76. The molecule has 0 radical (unpaired) electrons. The summed E-state index contributed by atoms with van der Waals surface area (Å²) in [6.45, 7) is 0. The number of furan rings is 1. The second-order valence-electron chi connectivity index (χ2n) is 5.13. The van der Waals surface area contributed by atoms with E-state index in [-0.39, 0.29) is 17.6 Å². The lowest BCUT2D eigenvalue weighted by Gasteiger charge is -2.25. The molecule has 2 aromatic carbocycles. The van der Waals surface area contributed by atoms with Crippen LogP contribution in [0.25, 0.3) is 11.0 Å². The molecule has 4 nitrogen and oxygen atoms in total. The number of hydrogen-bond donors (Lipinski definition) is 1. The Kier molecular flexibility index (Phi) is 2.51. The highest BCUT2D eigenvalue weighted by atomic mass is 16.5. The minimum atomic E-state index is -0.335. The molecule has 21 heavy (non-hydrogen) atoms. The first kappa shape index (κ1) is 12.0. The second-order valence-corrected chi connectivity index (χ2v) is 5.13. The SMILES string of the molecule is O=C1C[C@@H](c2ccc(O)cc2)Oc2cc3occc3cc21. The van der Waals surface area contributed by atoms with E-state index in [1.165, 1.54) is 0 Å². The van der Waals surface area contributed by atoms with Gasteiger partial charge in [-0.05, 0) is 29.8 Å². The van der Waals surface area contributed by atoms with Crippen LogP contribution in [0.15, 0.2) is 53.1 Å². The first-order valence-electron chi connectivity index (χ1n) is 6.71. The summed E-state index contributed by atoms with van der Waals surface area (Å²) in [5, 5.41) is 10.2. The summed E-state index contributed by atoms with van der Waals surface area (Å²) < 4.78 is 11.3. The maximum absolute atomic E-state index is 12.3. The predicted molar refractivity (Wildman–Crippen MR) is 76.6 cm³/mol. The number of hydrogen-bond acceptors (Lipinski definition) is 4. The number of ether oxygens (including phenoxy) is 1. The monoisotopic (exact) mass is 280 g/mol. The highest BCUT2D eigenvalue weighted by Gasteiger charge is 2.28. The molecule has 0 bridgehead atoms. The van der Waals surface area contributed by atoms with E-state index in [1.807, 2.05) is 12.1 Å². The van der Waals surface area contributed by atoms with E-state index in [1.54, 1.807) is 36.6 Å². The molecule has 1 aliphatic rings. The molecule has 3 aromatic rings. The fourth-order valence-corrected chi connectivity index (χ4v) is 2.65. The zero-order chi connectivity index (χ0) is 14.4. The number of phenols is 1. The highest BCUT2D eigenvalue weighted by Crippen LogP contribution is 2.37. The Morgan fingerprint density at radius 1 is 1.10 bits per heavy atom. The zero-order valence-corrected chi connectivity index (χ0v) is 11.1. The van der Waals surface area contributed by atoms with Gasteiger partial charge >= 0.3 is 0 Å². The number of rotatable bonds is 1. The Hall–Kier alpha value is -2.75. The van der Waals surface area contributed by atoms with Gasteiger partial charge in [-0.2, -0.15) is 0 Å². The van der Waals surface area contributed by atoms with Crippen molar-refractivity contribution in [3.63, 3.8) is 0 Å². The quantitative estimate of drug-likeness (QED) is 0.735. The van der Waals surface area contributed by atoms with Crippen molar-refractivity contribution in [2.75, 3.05) is 0 Å². The van der Waals surface area contributed by atoms with Crippen LogP contribution in [0.5, 0.6) is 11.5 Å². The summed E-state index contributed by atoms with van der Waals surface area (Å²) in [4.78, 5) is 12.3. The van der Waals surface area contributed by atoms with Crippen LogP contribution in [0.3, 0.4) is 0 Å². The molecule has 4 heteroatoms. The lowest BCUT2D eigenvalue weighted by Crippen LogP contribution is -2.20. The van der Waals surface area contributed by atoms with Crippen LogP contribution < -0.4 is 4.74 Å². The minimum absolute atomic E-state index is 0.0532. The van der Waals surface area contributed by atoms with E-state index in [0.29, 0.717) is 23.3 Å². The van der Waals surface area contributed by atoms with Crippen LogP contribution in [0.2, 0.25) is 0 Å². The van der Waals surface area contributed by atoms with Crippen molar-refractivity contribution in [1.29, 1.82) is 0 Å². The topological polar surface area (TPSA) is 59.7 Å². The summed E-state index contributed by atoms with van der Waals surface area (Å²) in [5.74, 6) is 0.794. The van der Waals surface area contributed by atoms with Crippen LogP contribution in [0.4, 0.5) is 0 Å². The first-order valence-corrected chi connectivity index (χ1v) is 6.71. The zero-order valence-electron chi connectivity index (χ0n) is 11.1. The molecule has 0 unspecified atom stereocenters. The summed E-state index contributed by atoms with van der Waals surface area (Å²) in [7, 11) is 0. The molecule has 0 saturated carbocycles. The van der Waals surface area contributed by atoms with Gasteiger partial charge < -0.3 is 14.3 Å².